The highest BCUT2D eigenvalue weighted by Gasteiger charge is 2.35. The summed E-state index contributed by atoms with van der Waals surface area (Å²) in [6.07, 6.45) is -4.69. The summed E-state index contributed by atoms with van der Waals surface area (Å²) < 4.78 is 44.5. The number of carbonyl (C=O) groups excluding carboxylic acids is 1. The highest BCUT2D eigenvalue weighted by atomic mass is 32.1. The number of hydrogen-bond acceptors (Lipinski definition) is 6. The fourth-order valence-electron chi connectivity index (χ4n) is 2.84. The Morgan fingerprint density at radius 3 is 2.48 bits per heavy atom. The third-order valence-electron chi connectivity index (χ3n) is 4.27. The first-order chi connectivity index (χ1) is 14.7. The molecule has 0 saturated carbocycles. The predicted molar refractivity (Wildman–Crippen MR) is 108 cm³/mol. The van der Waals surface area contributed by atoms with Gasteiger partial charge in [0.1, 0.15) is 23.0 Å². The van der Waals surface area contributed by atoms with Crippen molar-refractivity contribution in [2.24, 2.45) is 0 Å². The molecule has 0 saturated heterocycles. The van der Waals surface area contributed by atoms with Crippen LogP contribution in [0, 0.1) is 10.1 Å². The van der Waals surface area contributed by atoms with Gasteiger partial charge in [-0.1, -0.05) is 18.2 Å². The lowest BCUT2D eigenvalue weighted by atomic mass is 10.1. The normalized spacial score (nSPS) is 11.2. The van der Waals surface area contributed by atoms with Crippen molar-refractivity contribution in [3.8, 4) is 16.3 Å². The number of nitro benzene ring substituents is 1. The molecule has 0 spiro atoms. The number of hydrogen-bond donors (Lipinski definition) is 0. The molecule has 3 aromatic rings. The van der Waals surface area contributed by atoms with E-state index in [1.54, 1.807) is 24.3 Å². The lowest BCUT2D eigenvalue weighted by Crippen LogP contribution is -2.38. The minimum atomic E-state index is -4.69. The van der Waals surface area contributed by atoms with Crippen molar-refractivity contribution in [3.63, 3.8) is 0 Å². The van der Waals surface area contributed by atoms with Crippen LogP contribution in [0.3, 0.4) is 0 Å². The quantitative estimate of drug-likeness (QED) is 0.376. The molecule has 162 valence electrons. The molecule has 0 bridgehead atoms. The van der Waals surface area contributed by atoms with Gasteiger partial charge >= 0.3 is 6.18 Å². The SMILES string of the molecule is COc1ccc(-c2nc(C(=O)N(Cc3ccccc3[N+](=O)[O-])CC(F)(F)F)cs2)cc1. The van der Waals surface area contributed by atoms with Crippen LogP contribution in [0.5, 0.6) is 5.75 Å². The van der Waals surface area contributed by atoms with Crippen molar-refractivity contribution in [3.05, 3.63) is 75.3 Å². The van der Waals surface area contributed by atoms with Gasteiger partial charge in [-0.25, -0.2) is 4.98 Å². The van der Waals surface area contributed by atoms with Crippen molar-refractivity contribution in [1.82, 2.24) is 9.88 Å². The van der Waals surface area contributed by atoms with Gasteiger partial charge in [-0.3, -0.25) is 14.9 Å². The summed E-state index contributed by atoms with van der Waals surface area (Å²) in [5, 5.41) is 13.0. The summed E-state index contributed by atoms with van der Waals surface area (Å²) in [5.74, 6) is -0.344. The van der Waals surface area contributed by atoms with Crippen LogP contribution in [0.4, 0.5) is 18.9 Å². The van der Waals surface area contributed by atoms with Crippen LogP contribution in [-0.4, -0.2) is 40.5 Å². The monoisotopic (exact) mass is 451 g/mol. The first-order valence-electron chi connectivity index (χ1n) is 8.86. The number of nitrogens with zero attached hydrogens (tertiary/aromatic N) is 3. The van der Waals surface area contributed by atoms with Gasteiger partial charge in [0.25, 0.3) is 11.6 Å². The average molecular weight is 451 g/mol. The maximum Gasteiger partial charge on any atom is 0.406 e. The molecule has 0 aliphatic heterocycles. The molecule has 0 unspecified atom stereocenters. The zero-order valence-corrected chi connectivity index (χ0v) is 16.9. The average Bonchev–Trinajstić information content (AvgIpc) is 3.22. The number of rotatable bonds is 7. The largest absolute Gasteiger partial charge is 0.497 e. The van der Waals surface area contributed by atoms with Crippen molar-refractivity contribution < 1.29 is 27.6 Å². The topological polar surface area (TPSA) is 85.6 Å². The summed E-state index contributed by atoms with van der Waals surface area (Å²) >= 11 is 1.11. The van der Waals surface area contributed by atoms with Crippen molar-refractivity contribution >= 4 is 22.9 Å². The number of methoxy groups -OCH3 is 1. The minimum absolute atomic E-state index is 0.00397. The zero-order chi connectivity index (χ0) is 22.6. The molecule has 0 atom stereocenters. The van der Waals surface area contributed by atoms with Gasteiger partial charge in [0, 0.05) is 22.6 Å². The van der Waals surface area contributed by atoms with Gasteiger partial charge in [-0.2, -0.15) is 13.2 Å². The molecular formula is C20H16F3N3O4S. The Kier molecular flexibility index (Phi) is 6.54. The summed E-state index contributed by atoms with van der Waals surface area (Å²) in [6, 6.07) is 12.2. The van der Waals surface area contributed by atoms with Gasteiger partial charge in [-0.05, 0) is 24.3 Å². The van der Waals surface area contributed by atoms with E-state index in [1.165, 1.54) is 36.8 Å². The number of nitro groups is 1. The molecule has 1 heterocycles. The Morgan fingerprint density at radius 2 is 1.87 bits per heavy atom. The first kappa shape index (κ1) is 22.2. The van der Waals surface area contributed by atoms with E-state index in [2.05, 4.69) is 4.98 Å². The second-order valence-corrected chi connectivity index (χ2v) is 7.29. The van der Waals surface area contributed by atoms with Gasteiger partial charge in [0.05, 0.1) is 18.6 Å². The standard InChI is InChI=1S/C20H16F3N3O4S/c1-30-15-8-6-13(7-9-15)18-24-16(11-31-18)19(27)25(12-20(21,22)23)10-14-4-2-3-5-17(14)26(28)29/h2-9,11H,10,12H2,1H3. The molecule has 0 fully saturated rings. The van der Waals surface area contributed by atoms with E-state index in [-0.39, 0.29) is 16.9 Å². The Morgan fingerprint density at radius 1 is 1.19 bits per heavy atom. The molecule has 0 radical (unpaired) electrons. The number of para-hydroxylation sites is 1. The van der Waals surface area contributed by atoms with E-state index >= 15 is 0 Å². The molecule has 0 aliphatic rings. The van der Waals surface area contributed by atoms with Gasteiger partial charge in [-0.15, -0.1) is 11.3 Å². The van der Waals surface area contributed by atoms with Crippen molar-refractivity contribution in [1.29, 1.82) is 0 Å². The molecule has 7 nitrogen and oxygen atoms in total. The number of ether oxygens (including phenoxy) is 1. The molecule has 0 aliphatic carbocycles. The number of amides is 1. The number of thiazole rings is 1. The lowest BCUT2D eigenvalue weighted by Gasteiger charge is -2.23. The highest BCUT2D eigenvalue weighted by Crippen LogP contribution is 2.28. The summed E-state index contributed by atoms with van der Waals surface area (Å²) in [7, 11) is 1.52. The summed E-state index contributed by atoms with van der Waals surface area (Å²) in [5.41, 5.74) is 0.139. The molecule has 0 N–H and O–H groups in total. The van der Waals surface area contributed by atoms with E-state index in [0.29, 0.717) is 21.2 Å². The van der Waals surface area contributed by atoms with Crippen molar-refractivity contribution in [2.75, 3.05) is 13.7 Å². The fourth-order valence-corrected chi connectivity index (χ4v) is 3.64. The Balaban J connectivity index is 1.89. The molecule has 11 heteroatoms. The number of alkyl halides is 3. The van der Waals surface area contributed by atoms with Crippen LogP contribution in [0.1, 0.15) is 16.1 Å². The van der Waals surface area contributed by atoms with Crippen LogP contribution in [0.15, 0.2) is 53.9 Å². The fraction of sp³-hybridized carbons (Fsp3) is 0.200. The number of benzene rings is 2. The lowest BCUT2D eigenvalue weighted by molar-refractivity contribution is -0.385. The Bertz CT molecular complexity index is 1080. The predicted octanol–water partition coefficient (Wildman–Crippen LogP) is 4.93. The van der Waals surface area contributed by atoms with E-state index in [1.807, 2.05) is 0 Å². The van der Waals surface area contributed by atoms with E-state index in [0.717, 1.165) is 11.3 Å². The second-order valence-electron chi connectivity index (χ2n) is 6.43. The number of aromatic nitrogens is 1. The van der Waals surface area contributed by atoms with Crippen molar-refractivity contribution in [2.45, 2.75) is 12.7 Å². The van der Waals surface area contributed by atoms with E-state index < -0.39 is 30.1 Å². The Labute approximate surface area is 178 Å². The van der Waals surface area contributed by atoms with Crippen LogP contribution < -0.4 is 4.74 Å². The van der Waals surface area contributed by atoms with Gasteiger partial charge in [0.15, 0.2) is 0 Å². The molecule has 2 aromatic carbocycles. The molecule has 31 heavy (non-hydrogen) atoms. The Hall–Kier alpha value is -3.47. The minimum Gasteiger partial charge on any atom is -0.497 e. The van der Waals surface area contributed by atoms with Gasteiger partial charge in [0.2, 0.25) is 0 Å². The molecule has 1 aromatic heterocycles. The van der Waals surface area contributed by atoms with Crippen LogP contribution in [-0.2, 0) is 6.54 Å². The van der Waals surface area contributed by atoms with Crippen LogP contribution in [0.2, 0.25) is 0 Å². The third kappa shape index (κ3) is 5.57. The molecule has 3 rings (SSSR count). The molecular weight excluding hydrogens is 435 g/mol. The van der Waals surface area contributed by atoms with E-state index in [4.69, 9.17) is 4.74 Å². The second kappa shape index (κ2) is 9.13. The van der Waals surface area contributed by atoms with Crippen LogP contribution >= 0.6 is 11.3 Å². The maximum atomic E-state index is 13.1. The maximum absolute atomic E-state index is 13.1. The van der Waals surface area contributed by atoms with Gasteiger partial charge < -0.3 is 9.64 Å². The number of halogens is 3. The number of carbonyl (C=O) groups is 1. The first-order valence-corrected chi connectivity index (χ1v) is 9.74. The highest BCUT2D eigenvalue weighted by molar-refractivity contribution is 7.13. The van der Waals surface area contributed by atoms with E-state index in [9.17, 15) is 28.1 Å². The third-order valence-corrected chi connectivity index (χ3v) is 5.16. The summed E-state index contributed by atoms with van der Waals surface area (Å²) in [4.78, 5) is 28.0. The smallest absolute Gasteiger partial charge is 0.406 e. The zero-order valence-electron chi connectivity index (χ0n) is 16.1. The summed E-state index contributed by atoms with van der Waals surface area (Å²) in [6.45, 7) is -2.14. The molecule has 1 amide bonds. The van der Waals surface area contributed by atoms with Crippen LogP contribution in [0.25, 0.3) is 10.6 Å².